The van der Waals surface area contributed by atoms with Crippen LogP contribution in [0.4, 0.5) is 0 Å². The van der Waals surface area contributed by atoms with Gasteiger partial charge in [-0.2, -0.15) is 0 Å². The molecule has 0 aliphatic heterocycles. The summed E-state index contributed by atoms with van der Waals surface area (Å²) in [4.78, 5) is 11.2. The predicted octanol–water partition coefficient (Wildman–Crippen LogP) is 4.30. The van der Waals surface area contributed by atoms with E-state index in [9.17, 15) is 15.0 Å². The van der Waals surface area contributed by atoms with Gasteiger partial charge in [-0.15, -0.1) is 5.73 Å². The number of rotatable bonds is 11. The number of ether oxygens (including phenoxy) is 1. The van der Waals surface area contributed by atoms with Crippen LogP contribution in [-0.4, -0.2) is 29.1 Å². The van der Waals surface area contributed by atoms with E-state index in [4.69, 9.17) is 0 Å². The Labute approximate surface area is 158 Å². The molecule has 0 heterocycles. The Balaban J connectivity index is 2.47. The molecule has 0 bridgehead atoms. The average Bonchev–Trinajstić information content (AvgIpc) is 2.97. The molecule has 0 aromatic rings. The number of hydrogen-bond donors (Lipinski definition) is 2. The van der Waals surface area contributed by atoms with E-state index in [0.717, 1.165) is 20.0 Å². The minimum Gasteiger partial charge on any atom is -0.465 e. The zero-order valence-corrected chi connectivity index (χ0v) is 16.4. The summed E-state index contributed by atoms with van der Waals surface area (Å²) < 4.78 is 4.34. The lowest BCUT2D eigenvalue weighted by atomic mass is 9.86. The van der Waals surface area contributed by atoms with Crippen LogP contribution in [0.1, 0.15) is 58.8 Å². The van der Waals surface area contributed by atoms with Gasteiger partial charge in [0.05, 0.1) is 7.11 Å². The highest BCUT2D eigenvalue weighted by Gasteiger charge is 2.33. The molecule has 3 atom stereocenters. The van der Waals surface area contributed by atoms with Crippen LogP contribution < -0.4 is 0 Å². The van der Waals surface area contributed by atoms with Crippen LogP contribution in [0.25, 0.3) is 0 Å². The number of esters is 1. The molecular weight excluding hydrogens is 328 g/mol. The van der Waals surface area contributed by atoms with Crippen LogP contribution in [-0.2, 0) is 9.53 Å². The van der Waals surface area contributed by atoms with Crippen molar-refractivity contribution in [2.75, 3.05) is 7.11 Å². The third-order valence-corrected chi connectivity index (χ3v) is 4.91. The fourth-order valence-electron chi connectivity index (χ4n) is 3.20. The molecule has 0 spiro atoms. The first-order valence-electron chi connectivity index (χ1n) is 9.70. The number of carbonyl (C=O) groups is 1. The maximum atomic E-state index is 11.2. The van der Waals surface area contributed by atoms with Crippen LogP contribution >= 0.6 is 0 Å². The molecule has 2 N–H and O–H groups in total. The van der Waals surface area contributed by atoms with Gasteiger partial charge >= 0.3 is 5.97 Å². The van der Waals surface area contributed by atoms with Gasteiger partial charge < -0.3 is 14.9 Å². The quantitative estimate of drug-likeness (QED) is 0.189. The lowest BCUT2D eigenvalue weighted by molar-refractivity contribution is -0.205. The zero-order chi connectivity index (χ0) is 19.4. The SMILES string of the molecule is CCCCCCC=C[C@H]1C=C[C@H](C)[C@H]1CC=C=CCC(O)(O)C(=O)OC. The summed E-state index contributed by atoms with van der Waals surface area (Å²) >= 11 is 0. The summed E-state index contributed by atoms with van der Waals surface area (Å²) in [6.07, 6.45) is 19.4. The van der Waals surface area contributed by atoms with Gasteiger partial charge in [-0.05, 0) is 49.2 Å². The second-order valence-corrected chi connectivity index (χ2v) is 7.09. The summed E-state index contributed by atoms with van der Waals surface area (Å²) in [6, 6.07) is 0. The van der Waals surface area contributed by atoms with Gasteiger partial charge in [0.1, 0.15) is 0 Å². The Hall–Kier alpha value is -1.61. The van der Waals surface area contributed by atoms with Crippen molar-refractivity contribution >= 4 is 5.97 Å². The van der Waals surface area contributed by atoms with E-state index in [-0.39, 0.29) is 6.42 Å². The molecule has 1 rings (SSSR count). The second-order valence-electron chi connectivity index (χ2n) is 7.09. The first-order valence-corrected chi connectivity index (χ1v) is 9.70. The fraction of sp³-hybridized carbons (Fsp3) is 0.636. The highest BCUT2D eigenvalue weighted by Crippen LogP contribution is 2.34. The fourth-order valence-corrected chi connectivity index (χ4v) is 3.20. The highest BCUT2D eigenvalue weighted by atomic mass is 16.6. The number of hydrogen-bond acceptors (Lipinski definition) is 4. The van der Waals surface area contributed by atoms with E-state index in [1.165, 1.54) is 31.8 Å². The third-order valence-electron chi connectivity index (χ3n) is 4.91. The maximum absolute atomic E-state index is 11.2. The molecule has 0 radical (unpaired) electrons. The van der Waals surface area contributed by atoms with E-state index in [2.05, 4.69) is 48.6 Å². The Morgan fingerprint density at radius 1 is 1.23 bits per heavy atom. The van der Waals surface area contributed by atoms with E-state index >= 15 is 0 Å². The van der Waals surface area contributed by atoms with Gasteiger partial charge in [0, 0.05) is 6.42 Å². The van der Waals surface area contributed by atoms with E-state index in [1.54, 1.807) is 0 Å². The minimum absolute atomic E-state index is 0.240. The van der Waals surface area contributed by atoms with Crippen molar-refractivity contribution in [1.29, 1.82) is 0 Å². The van der Waals surface area contributed by atoms with Crippen LogP contribution in [0.15, 0.2) is 42.2 Å². The van der Waals surface area contributed by atoms with E-state index in [0.29, 0.717) is 17.8 Å². The van der Waals surface area contributed by atoms with Crippen molar-refractivity contribution in [2.24, 2.45) is 17.8 Å². The van der Waals surface area contributed by atoms with Crippen LogP contribution in [0.3, 0.4) is 0 Å². The number of carbonyl (C=O) groups excluding carboxylic acids is 1. The molecule has 0 aromatic heterocycles. The van der Waals surface area contributed by atoms with E-state index < -0.39 is 11.8 Å². The average molecular weight is 363 g/mol. The van der Waals surface area contributed by atoms with Gasteiger partial charge in [-0.3, -0.25) is 0 Å². The summed E-state index contributed by atoms with van der Waals surface area (Å²) in [5, 5.41) is 19.1. The van der Waals surface area contributed by atoms with Crippen LogP contribution in [0.5, 0.6) is 0 Å². The largest absolute Gasteiger partial charge is 0.465 e. The number of allylic oxidation sites excluding steroid dienone is 4. The topological polar surface area (TPSA) is 66.8 Å². The smallest absolute Gasteiger partial charge is 0.366 e. The molecule has 0 saturated carbocycles. The molecule has 146 valence electrons. The molecule has 1 aliphatic carbocycles. The molecule has 0 fully saturated rings. The lowest BCUT2D eigenvalue weighted by Gasteiger charge is -2.18. The molecule has 4 nitrogen and oxygen atoms in total. The summed E-state index contributed by atoms with van der Waals surface area (Å²) in [6.45, 7) is 4.45. The molecule has 1 aliphatic rings. The summed E-state index contributed by atoms with van der Waals surface area (Å²) in [5.41, 5.74) is 2.95. The number of methoxy groups -OCH3 is 1. The summed E-state index contributed by atoms with van der Waals surface area (Å²) in [5.74, 6) is -2.10. The molecule has 0 unspecified atom stereocenters. The Kier molecular flexibility index (Phi) is 10.3. The van der Waals surface area contributed by atoms with Crippen molar-refractivity contribution in [3.05, 3.63) is 42.2 Å². The molecule has 0 saturated heterocycles. The van der Waals surface area contributed by atoms with Gasteiger partial charge in [0.25, 0.3) is 5.79 Å². The van der Waals surface area contributed by atoms with Crippen molar-refractivity contribution in [2.45, 2.75) is 64.6 Å². The number of aliphatic hydroxyl groups is 2. The van der Waals surface area contributed by atoms with Gasteiger partial charge in [-0.25, -0.2) is 4.79 Å². The predicted molar refractivity (Wildman–Crippen MR) is 104 cm³/mol. The molecule has 26 heavy (non-hydrogen) atoms. The minimum atomic E-state index is -2.49. The lowest BCUT2D eigenvalue weighted by Crippen LogP contribution is -2.38. The van der Waals surface area contributed by atoms with Crippen molar-refractivity contribution in [1.82, 2.24) is 0 Å². The Morgan fingerprint density at radius 3 is 2.69 bits per heavy atom. The van der Waals surface area contributed by atoms with Crippen LogP contribution in [0, 0.1) is 17.8 Å². The first-order chi connectivity index (χ1) is 12.4. The normalized spacial score (nSPS) is 22.4. The van der Waals surface area contributed by atoms with Crippen molar-refractivity contribution in [3.63, 3.8) is 0 Å². The maximum Gasteiger partial charge on any atom is 0.366 e. The highest BCUT2D eigenvalue weighted by molar-refractivity contribution is 5.77. The van der Waals surface area contributed by atoms with Gasteiger partial charge in [0.2, 0.25) is 0 Å². The van der Waals surface area contributed by atoms with Gasteiger partial charge in [-0.1, -0.05) is 57.4 Å². The molecular formula is C22H34O4. The zero-order valence-electron chi connectivity index (χ0n) is 16.4. The molecule has 0 amide bonds. The van der Waals surface area contributed by atoms with Crippen molar-refractivity contribution in [3.8, 4) is 0 Å². The number of unbranched alkanes of at least 4 members (excludes halogenated alkanes) is 4. The Bertz CT molecular complexity index is 538. The van der Waals surface area contributed by atoms with Crippen LogP contribution in [0.2, 0.25) is 0 Å². The van der Waals surface area contributed by atoms with E-state index in [1.807, 2.05) is 6.08 Å². The standard InChI is InChI=1S/C22H34O4/c1-4-5-6-7-8-10-13-19-16-15-18(2)20(19)14-11-9-12-17-22(24,25)21(23)26-3/h10-13,15-16,18-20,24-25H,4-8,14,17H2,1-3H3/t9?,18-,19-,20+/m0/s1. The second kappa shape index (κ2) is 11.9. The van der Waals surface area contributed by atoms with Gasteiger partial charge in [0.15, 0.2) is 0 Å². The summed E-state index contributed by atoms with van der Waals surface area (Å²) in [7, 11) is 1.12. The van der Waals surface area contributed by atoms with Crippen molar-refractivity contribution < 1.29 is 19.7 Å². The Morgan fingerprint density at radius 2 is 2.00 bits per heavy atom. The molecule has 0 aromatic carbocycles. The monoisotopic (exact) mass is 362 g/mol. The first kappa shape index (κ1) is 22.4. The third kappa shape index (κ3) is 7.74. The molecule has 4 heteroatoms.